The number of benzene rings is 1. The summed E-state index contributed by atoms with van der Waals surface area (Å²) in [6.45, 7) is 5.51. The zero-order valence-electron chi connectivity index (χ0n) is 13.1. The molecule has 0 saturated heterocycles. The zero-order chi connectivity index (χ0) is 17.1. The molecule has 1 aromatic carbocycles. The van der Waals surface area contributed by atoms with Gasteiger partial charge in [-0.3, -0.25) is 14.3 Å². The average molecular weight is 354 g/mol. The number of aryl methyl sites for hydroxylation is 2. The smallest absolute Gasteiger partial charge is 0.226 e. The van der Waals surface area contributed by atoms with Gasteiger partial charge < -0.3 is 5.32 Å². The first-order valence-corrected chi connectivity index (χ1v) is 7.84. The second-order valence-electron chi connectivity index (χ2n) is 5.28. The van der Waals surface area contributed by atoms with E-state index in [4.69, 9.17) is 23.2 Å². The number of rotatable bonds is 5. The molecule has 1 heterocycles. The molecule has 0 atom stereocenters. The van der Waals surface area contributed by atoms with E-state index in [1.54, 1.807) is 29.8 Å². The summed E-state index contributed by atoms with van der Waals surface area (Å²) in [5.74, 6) is -0.204. The van der Waals surface area contributed by atoms with Crippen LogP contribution in [0.1, 0.15) is 35.1 Å². The second kappa shape index (κ2) is 7.15. The number of anilines is 1. The van der Waals surface area contributed by atoms with E-state index in [1.165, 1.54) is 6.92 Å². The zero-order valence-corrected chi connectivity index (χ0v) is 14.6. The highest BCUT2D eigenvalue weighted by molar-refractivity contribution is 6.35. The quantitative estimate of drug-likeness (QED) is 0.825. The highest BCUT2D eigenvalue weighted by Gasteiger charge is 2.15. The van der Waals surface area contributed by atoms with E-state index in [2.05, 4.69) is 10.4 Å². The van der Waals surface area contributed by atoms with Crippen molar-refractivity contribution in [1.82, 2.24) is 9.78 Å². The van der Waals surface area contributed by atoms with Gasteiger partial charge in [-0.2, -0.15) is 5.10 Å². The van der Waals surface area contributed by atoms with E-state index < -0.39 is 0 Å². The van der Waals surface area contributed by atoms with Crippen LogP contribution in [0, 0.1) is 13.8 Å². The van der Waals surface area contributed by atoms with E-state index in [0.717, 1.165) is 5.69 Å². The van der Waals surface area contributed by atoms with Gasteiger partial charge in [0.1, 0.15) is 0 Å². The van der Waals surface area contributed by atoms with Gasteiger partial charge in [0, 0.05) is 34.4 Å². The highest BCUT2D eigenvalue weighted by atomic mass is 35.5. The van der Waals surface area contributed by atoms with Crippen LogP contribution in [0.15, 0.2) is 18.2 Å². The molecule has 0 saturated carbocycles. The van der Waals surface area contributed by atoms with Crippen molar-refractivity contribution in [3.63, 3.8) is 0 Å². The number of ketones is 1. The summed E-state index contributed by atoms with van der Waals surface area (Å²) in [6.07, 6.45) is 0.226. The number of hydrogen-bond donors (Lipinski definition) is 1. The fourth-order valence-electron chi connectivity index (χ4n) is 2.48. The van der Waals surface area contributed by atoms with Gasteiger partial charge >= 0.3 is 0 Å². The summed E-state index contributed by atoms with van der Waals surface area (Å²) in [5, 5.41) is 7.97. The van der Waals surface area contributed by atoms with Crippen molar-refractivity contribution in [3.05, 3.63) is 45.2 Å². The Morgan fingerprint density at radius 1 is 1.17 bits per heavy atom. The predicted molar refractivity (Wildman–Crippen MR) is 91.4 cm³/mol. The van der Waals surface area contributed by atoms with Gasteiger partial charge in [-0.05, 0) is 39.0 Å². The topological polar surface area (TPSA) is 64.0 Å². The molecule has 1 N–H and O–H groups in total. The van der Waals surface area contributed by atoms with E-state index in [9.17, 15) is 9.59 Å². The number of Topliss-reactive ketones (excluding diaryl/α,β-unsaturated/α-hetero) is 1. The molecule has 0 bridgehead atoms. The van der Waals surface area contributed by atoms with Crippen LogP contribution in [0.5, 0.6) is 0 Å². The Balaban J connectivity index is 2.02. The predicted octanol–water partition coefficient (Wildman–Crippen LogP) is 4.04. The van der Waals surface area contributed by atoms with Gasteiger partial charge in [0.2, 0.25) is 5.91 Å². The fourth-order valence-corrected chi connectivity index (χ4v) is 3.01. The van der Waals surface area contributed by atoms with Crippen molar-refractivity contribution in [2.24, 2.45) is 0 Å². The van der Waals surface area contributed by atoms with Crippen LogP contribution in [0.3, 0.4) is 0 Å². The van der Waals surface area contributed by atoms with Crippen molar-refractivity contribution in [1.29, 1.82) is 0 Å². The van der Waals surface area contributed by atoms with E-state index >= 15 is 0 Å². The Bertz CT molecular complexity index is 749. The van der Waals surface area contributed by atoms with Crippen LogP contribution in [-0.4, -0.2) is 21.5 Å². The molecule has 0 spiro atoms. The third kappa shape index (κ3) is 4.33. The lowest BCUT2D eigenvalue weighted by Crippen LogP contribution is -2.15. The number of halogens is 2. The van der Waals surface area contributed by atoms with Crippen LogP contribution in [0.4, 0.5) is 5.69 Å². The molecule has 23 heavy (non-hydrogen) atoms. The number of hydrogen-bond acceptors (Lipinski definition) is 3. The molecule has 2 rings (SSSR count). The average Bonchev–Trinajstić information content (AvgIpc) is 2.69. The summed E-state index contributed by atoms with van der Waals surface area (Å²) in [5.41, 5.74) is 2.61. The molecule has 122 valence electrons. The highest BCUT2D eigenvalue weighted by Crippen LogP contribution is 2.22. The van der Waals surface area contributed by atoms with Crippen molar-refractivity contribution in [2.75, 3.05) is 5.32 Å². The normalized spacial score (nSPS) is 10.7. The molecule has 0 fully saturated rings. The van der Waals surface area contributed by atoms with Gasteiger partial charge in [-0.25, -0.2) is 0 Å². The lowest BCUT2D eigenvalue weighted by molar-refractivity contribution is -0.116. The minimum atomic E-state index is -0.180. The molecule has 1 amide bonds. The molecule has 0 aliphatic rings. The molecule has 0 aliphatic carbocycles. The molecule has 0 aliphatic heterocycles. The lowest BCUT2D eigenvalue weighted by atomic mass is 10.1. The molecular formula is C16H17Cl2N3O2. The monoisotopic (exact) mass is 353 g/mol. The summed E-state index contributed by atoms with van der Waals surface area (Å²) in [6, 6.07) is 4.85. The van der Waals surface area contributed by atoms with Crippen LogP contribution in [0.2, 0.25) is 10.0 Å². The fraction of sp³-hybridized carbons (Fsp3) is 0.312. The molecule has 2 aromatic rings. The Labute approximate surface area is 144 Å². The summed E-state index contributed by atoms with van der Waals surface area (Å²) < 4.78 is 1.68. The second-order valence-corrected chi connectivity index (χ2v) is 6.15. The van der Waals surface area contributed by atoms with Crippen molar-refractivity contribution in [3.8, 4) is 0 Å². The molecule has 0 radical (unpaired) electrons. The summed E-state index contributed by atoms with van der Waals surface area (Å²) in [7, 11) is 0. The van der Waals surface area contributed by atoms with Crippen molar-refractivity contribution in [2.45, 2.75) is 33.7 Å². The van der Waals surface area contributed by atoms with E-state index in [1.807, 2.05) is 6.92 Å². The first-order valence-electron chi connectivity index (χ1n) is 7.09. The largest absolute Gasteiger partial charge is 0.326 e. The molecule has 0 unspecified atom stereocenters. The van der Waals surface area contributed by atoms with Gasteiger partial charge in [-0.15, -0.1) is 0 Å². The van der Waals surface area contributed by atoms with Gasteiger partial charge in [0.25, 0.3) is 0 Å². The maximum absolute atomic E-state index is 12.0. The first-order chi connectivity index (χ1) is 10.8. The molecule has 7 heteroatoms. The van der Waals surface area contributed by atoms with Crippen molar-refractivity contribution >= 4 is 40.6 Å². The van der Waals surface area contributed by atoms with Gasteiger partial charge in [-0.1, -0.05) is 23.2 Å². The molecule has 1 aromatic heterocycles. The number of nitrogens with zero attached hydrogens (tertiary/aromatic N) is 2. The maximum atomic E-state index is 12.0. The van der Waals surface area contributed by atoms with Gasteiger partial charge in [0.15, 0.2) is 5.78 Å². The standard InChI is InChI=1S/C16H17Cl2N3O2/c1-9-16(11(3)22)10(2)21(20-9)5-4-15(23)19-14-7-12(17)6-13(18)8-14/h6-8H,4-5H2,1-3H3,(H,19,23). The number of nitrogens with one attached hydrogen (secondary N) is 1. The summed E-state index contributed by atoms with van der Waals surface area (Å²) in [4.78, 5) is 23.6. The van der Waals surface area contributed by atoms with E-state index in [0.29, 0.717) is 33.5 Å². The third-order valence-corrected chi connectivity index (χ3v) is 3.87. The third-order valence-electron chi connectivity index (χ3n) is 3.43. The number of carbonyl (C=O) groups is 2. The Hall–Kier alpha value is -1.85. The van der Waals surface area contributed by atoms with Crippen LogP contribution >= 0.6 is 23.2 Å². The van der Waals surface area contributed by atoms with Crippen LogP contribution in [-0.2, 0) is 11.3 Å². The Morgan fingerprint density at radius 3 is 2.30 bits per heavy atom. The number of carbonyl (C=O) groups excluding carboxylic acids is 2. The molecular weight excluding hydrogens is 337 g/mol. The Kier molecular flexibility index (Phi) is 5.44. The lowest BCUT2D eigenvalue weighted by Gasteiger charge is -2.08. The van der Waals surface area contributed by atoms with Gasteiger partial charge in [0.05, 0.1) is 11.3 Å². The number of amides is 1. The van der Waals surface area contributed by atoms with Crippen LogP contribution < -0.4 is 5.32 Å². The Morgan fingerprint density at radius 2 is 1.78 bits per heavy atom. The molecule has 5 nitrogen and oxygen atoms in total. The maximum Gasteiger partial charge on any atom is 0.226 e. The van der Waals surface area contributed by atoms with Crippen LogP contribution in [0.25, 0.3) is 0 Å². The van der Waals surface area contributed by atoms with Crippen molar-refractivity contribution < 1.29 is 9.59 Å². The SMILES string of the molecule is CC(=O)c1c(C)nn(CCC(=O)Nc2cc(Cl)cc(Cl)c2)c1C. The van der Waals surface area contributed by atoms with E-state index in [-0.39, 0.29) is 18.1 Å². The minimum Gasteiger partial charge on any atom is -0.326 e. The first kappa shape index (κ1) is 17.5. The minimum absolute atomic E-state index is 0.0238. The number of aromatic nitrogens is 2. The summed E-state index contributed by atoms with van der Waals surface area (Å²) >= 11 is 11.8.